The van der Waals surface area contributed by atoms with Crippen LogP contribution in [0.1, 0.15) is 36.1 Å². The normalized spacial score (nSPS) is 14.4. The van der Waals surface area contributed by atoms with Gasteiger partial charge in [0.25, 0.3) is 0 Å². The minimum absolute atomic E-state index is 0.881. The van der Waals surface area contributed by atoms with Gasteiger partial charge in [-0.05, 0) is 71.0 Å². The second-order valence-electron chi connectivity index (χ2n) is 6.39. The number of rotatable bonds is 7. The lowest BCUT2D eigenvalue weighted by Crippen LogP contribution is -2.14. The standard InChI is InChI=1S/C17H26N4S2/c1-21(2)11-7-6-10-18-15-14-12-8-4-5-9-13(12)23-16(14)20-17(19-15)22-3/h4-11H2,1-3H3,(H,18,19,20). The number of thiophene rings is 1. The molecule has 0 radical (unpaired) electrons. The first kappa shape index (κ1) is 17.0. The van der Waals surface area contributed by atoms with E-state index in [9.17, 15) is 0 Å². The van der Waals surface area contributed by atoms with Crippen LogP contribution in [0.25, 0.3) is 10.2 Å². The molecule has 0 spiro atoms. The molecule has 0 saturated carbocycles. The minimum Gasteiger partial charge on any atom is -0.369 e. The van der Waals surface area contributed by atoms with E-state index >= 15 is 0 Å². The highest BCUT2D eigenvalue weighted by Crippen LogP contribution is 2.39. The second kappa shape index (κ2) is 7.81. The molecule has 4 nitrogen and oxygen atoms in total. The highest BCUT2D eigenvalue weighted by Gasteiger charge is 2.20. The summed E-state index contributed by atoms with van der Waals surface area (Å²) in [6.45, 7) is 2.13. The Morgan fingerprint density at radius 3 is 2.78 bits per heavy atom. The van der Waals surface area contributed by atoms with E-state index in [-0.39, 0.29) is 0 Å². The number of nitrogens with zero attached hydrogens (tertiary/aromatic N) is 3. The number of aryl methyl sites for hydroxylation is 2. The number of fused-ring (bicyclic) bond motifs is 3. The van der Waals surface area contributed by atoms with Gasteiger partial charge in [0.05, 0.1) is 5.39 Å². The van der Waals surface area contributed by atoms with Crippen LogP contribution in [0, 0.1) is 0 Å². The molecule has 0 aromatic carbocycles. The molecule has 2 aromatic heterocycles. The van der Waals surface area contributed by atoms with Gasteiger partial charge in [-0.25, -0.2) is 9.97 Å². The minimum atomic E-state index is 0.881. The van der Waals surface area contributed by atoms with Crippen molar-refractivity contribution >= 4 is 39.1 Å². The van der Waals surface area contributed by atoms with Crippen molar-refractivity contribution in [3.05, 3.63) is 10.4 Å². The number of hydrogen-bond donors (Lipinski definition) is 1. The SMILES string of the molecule is CSc1nc(NCCCCN(C)C)c2c3c(sc2n1)CCCC3. The van der Waals surface area contributed by atoms with Crippen LogP contribution in [-0.2, 0) is 12.8 Å². The zero-order valence-electron chi connectivity index (χ0n) is 14.3. The largest absolute Gasteiger partial charge is 0.369 e. The summed E-state index contributed by atoms with van der Waals surface area (Å²) in [7, 11) is 4.26. The predicted molar refractivity (Wildman–Crippen MR) is 102 cm³/mol. The Bertz CT molecular complexity index is 666. The highest BCUT2D eigenvalue weighted by atomic mass is 32.2. The van der Waals surface area contributed by atoms with Gasteiger partial charge in [0.15, 0.2) is 5.16 Å². The number of thioether (sulfide) groups is 1. The van der Waals surface area contributed by atoms with Gasteiger partial charge in [0.2, 0.25) is 0 Å². The summed E-state index contributed by atoms with van der Waals surface area (Å²) in [5.74, 6) is 1.06. The zero-order chi connectivity index (χ0) is 16.2. The van der Waals surface area contributed by atoms with E-state index in [1.54, 1.807) is 11.8 Å². The molecule has 0 bridgehead atoms. The lowest BCUT2D eigenvalue weighted by atomic mass is 9.97. The van der Waals surface area contributed by atoms with Crippen LogP contribution in [0.4, 0.5) is 5.82 Å². The summed E-state index contributed by atoms with van der Waals surface area (Å²) in [5, 5.41) is 5.78. The first-order valence-corrected chi connectivity index (χ1v) is 10.5. The Morgan fingerprint density at radius 2 is 2.00 bits per heavy atom. The Balaban J connectivity index is 1.81. The summed E-state index contributed by atoms with van der Waals surface area (Å²) in [6, 6.07) is 0. The smallest absolute Gasteiger partial charge is 0.190 e. The van der Waals surface area contributed by atoms with Gasteiger partial charge in [-0.2, -0.15) is 0 Å². The van der Waals surface area contributed by atoms with Gasteiger partial charge in [-0.15, -0.1) is 11.3 Å². The molecular formula is C17H26N4S2. The Hall–Kier alpha value is -0.850. The third kappa shape index (κ3) is 3.98. The van der Waals surface area contributed by atoms with Crippen molar-refractivity contribution in [1.29, 1.82) is 0 Å². The van der Waals surface area contributed by atoms with Crippen molar-refractivity contribution in [3.8, 4) is 0 Å². The van der Waals surface area contributed by atoms with Gasteiger partial charge < -0.3 is 10.2 Å². The van der Waals surface area contributed by atoms with Crippen LogP contribution in [0.3, 0.4) is 0 Å². The summed E-state index contributed by atoms with van der Waals surface area (Å²) in [4.78, 5) is 14.5. The lowest BCUT2D eigenvalue weighted by Gasteiger charge is -2.13. The van der Waals surface area contributed by atoms with Crippen LogP contribution < -0.4 is 5.32 Å². The predicted octanol–water partition coefficient (Wildman–Crippen LogP) is 4.05. The molecule has 0 saturated heterocycles. The fourth-order valence-electron chi connectivity index (χ4n) is 3.12. The molecule has 0 aliphatic heterocycles. The molecule has 3 rings (SSSR count). The van der Waals surface area contributed by atoms with Crippen molar-refractivity contribution in [2.45, 2.75) is 43.7 Å². The molecule has 0 amide bonds. The third-order valence-electron chi connectivity index (χ3n) is 4.30. The van der Waals surface area contributed by atoms with Crippen LogP contribution in [0.15, 0.2) is 5.16 Å². The Kier molecular flexibility index (Phi) is 5.77. The van der Waals surface area contributed by atoms with Crippen LogP contribution in [0.2, 0.25) is 0 Å². The number of anilines is 1. The first-order chi connectivity index (χ1) is 11.2. The first-order valence-electron chi connectivity index (χ1n) is 8.44. The number of aromatic nitrogens is 2. The maximum Gasteiger partial charge on any atom is 0.190 e. The van der Waals surface area contributed by atoms with E-state index < -0.39 is 0 Å². The lowest BCUT2D eigenvalue weighted by molar-refractivity contribution is 0.396. The van der Waals surface area contributed by atoms with Crippen LogP contribution >= 0.6 is 23.1 Å². The maximum atomic E-state index is 4.77. The zero-order valence-corrected chi connectivity index (χ0v) is 15.9. The molecule has 23 heavy (non-hydrogen) atoms. The fourth-order valence-corrected chi connectivity index (χ4v) is 4.80. The second-order valence-corrected chi connectivity index (χ2v) is 8.24. The topological polar surface area (TPSA) is 41.1 Å². The average molecular weight is 351 g/mol. The molecule has 1 aliphatic rings. The van der Waals surface area contributed by atoms with Gasteiger partial charge >= 0.3 is 0 Å². The highest BCUT2D eigenvalue weighted by molar-refractivity contribution is 7.98. The fraction of sp³-hybridized carbons (Fsp3) is 0.647. The van der Waals surface area contributed by atoms with E-state index in [1.807, 2.05) is 11.3 Å². The van der Waals surface area contributed by atoms with Crippen LogP contribution in [-0.4, -0.2) is 48.3 Å². The van der Waals surface area contributed by atoms with Crippen molar-refractivity contribution in [1.82, 2.24) is 14.9 Å². The van der Waals surface area contributed by atoms with E-state index in [1.165, 1.54) is 59.2 Å². The molecule has 2 aromatic rings. The van der Waals surface area contributed by atoms with Gasteiger partial charge in [-0.1, -0.05) is 11.8 Å². The van der Waals surface area contributed by atoms with Gasteiger partial charge in [0, 0.05) is 11.4 Å². The summed E-state index contributed by atoms with van der Waals surface area (Å²) < 4.78 is 0. The summed E-state index contributed by atoms with van der Waals surface area (Å²) in [5.41, 5.74) is 1.51. The molecular weight excluding hydrogens is 324 g/mol. The molecule has 0 unspecified atom stereocenters. The van der Waals surface area contributed by atoms with Crippen molar-refractivity contribution in [2.75, 3.05) is 38.8 Å². The molecule has 0 atom stereocenters. The molecule has 1 aliphatic carbocycles. The molecule has 1 N–H and O–H groups in total. The number of unbranched alkanes of at least 4 members (excludes halogenated alkanes) is 1. The van der Waals surface area contributed by atoms with E-state index in [0.29, 0.717) is 0 Å². The number of nitrogens with one attached hydrogen (secondary N) is 1. The van der Waals surface area contributed by atoms with Gasteiger partial charge in [-0.3, -0.25) is 0 Å². The maximum absolute atomic E-state index is 4.77. The van der Waals surface area contributed by atoms with Gasteiger partial charge in [0.1, 0.15) is 10.6 Å². The summed E-state index contributed by atoms with van der Waals surface area (Å²) >= 11 is 3.51. The van der Waals surface area contributed by atoms with Crippen molar-refractivity contribution in [3.63, 3.8) is 0 Å². The third-order valence-corrected chi connectivity index (χ3v) is 6.03. The van der Waals surface area contributed by atoms with Crippen molar-refractivity contribution in [2.24, 2.45) is 0 Å². The molecule has 0 fully saturated rings. The summed E-state index contributed by atoms with van der Waals surface area (Å²) in [6.07, 6.45) is 9.45. The van der Waals surface area contributed by atoms with E-state index in [0.717, 1.165) is 24.1 Å². The number of hydrogen-bond acceptors (Lipinski definition) is 6. The van der Waals surface area contributed by atoms with Crippen LogP contribution in [0.5, 0.6) is 0 Å². The van der Waals surface area contributed by atoms with E-state index in [2.05, 4.69) is 30.6 Å². The monoisotopic (exact) mass is 350 g/mol. The average Bonchev–Trinajstić information content (AvgIpc) is 2.92. The van der Waals surface area contributed by atoms with E-state index in [4.69, 9.17) is 9.97 Å². The molecule has 126 valence electrons. The Morgan fingerprint density at radius 1 is 1.17 bits per heavy atom. The molecule has 2 heterocycles. The quantitative estimate of drug-likeness (QED) is 0.463. The molecule has 6 heteroatoms. The Labute approximate surface area is 147 Å². The van der Waals surface area contributed by atoms with Crippen molar-refractivity contribution < 1.29 is 0 Å².